The topological polar surface area (TPSA) is 69.1 Å². The van der Waals surface area contributed by atoms with E-state index in [-0.39, 0.29) is 0 Å². The molecule has 1 aliphatic rings. The summed E-state index contributed by atoms with van der Waals surface area (Å²) in [5.41, 5.74) is 6.40. The van der Waals surface area contributed by atoms with Gasteiger partial charge in [0, 0.05) is 0 Å². The summed E-state index contributed by atoms with van der Waals surface area (Å²) in [6.45, 7) is 0. The van der Waals surface area contributed by atoms with Crippen molar-refractivity contribution < 1.29 is 9.32 Å². The molecule has 1 fully saturated rings. The summed E-state index contributed by atoms with van der Waals surface area (Å²) in [5.74, 6) is 0.198. The summed E-state index contributed by atoms with van der Waals surface area (Å²) < 4.78 is 4.80. The number of hydrogen-bond acceptors (Lipinski definition) is 3. The van der Waals surface area contributed by atoms with E-state index >= 15 is 0 Å². The van der Waals surface area contributed by atoms with Gasteiger partial charge in [-0.3, -0.25) is 4.79 Å². The maximum atomic E-state index is 11.0. The Labute approximate surface area is 88.8 Å². The average molecular weight is 208 g/mol. The van der Waals surface area contributed by atoms with Crippen LogP contribution >= 0.6 is 0 Å². The molecule has 4 heteroatoms. The van der Waals surface area contributed by atoms with Crippen LogP contribution in [0.5, 0.6) is 0 Å². The molecule has 0 bridgehead atoms. The number of hydrogen-bond donors (Lipinski definition) is 1. The maximum absolute atomic E-state index is 11.0. The van der Waals surface area contributed by atoms with Crippen molar-refractivity contribution in [2.45, 2.75) is 38.5 Å². The van der Waals surface area contributed by atoms with Gasteiger partial charge in [-0.25, -0.2) is 0 Å². The number of nitrogens with zero attached hydrogens (tertiary/aromatic N) is 1. The minimum atomic E-state index is -0.443. The van der Waals surface area contributed by atoms with Gasteiger partial charge in [0.05, 0.1) is 5.69 Å². The van der Waals surface area contributed by atoms with Crippen molar-refractivity contribution in [1.82, 2.24) is 5.16 Å². The molecular formula is C11H16N2O2. The van der Waals surface area contributed by atoms with Gasteiger partial charge in [-0.2, -0.15) is 0 Å². The molecule has 15 heavy (non-hydrogen) atoms. The zero-order valence-corrected chi connectivity index (χ0v) is 8.74. The van der Waals surface area contributed by atoms with Crippen LogP contribution in [0, 0.1) is 5.92 Å². The van der Waals surface area contributed by atoms with Crippen LogP contribution in [0.1, 0.15) is 48.2 Å². The monoisotopic (exact) mass is 208 g/mol. The minimum absolute atomic E-state index is 0.443. The lowest BCUT2D eigenvalue weighted by molar-refractivity contribution is 0.0998. The standard InChI is InChI=1S/C11H16N2O2/c12-11(14)9-7-15-13-10(9)6-8-4-2-1-3-5-8/h7-8H,1-6H2,(H2,12,14). The molecule has 1 aromatic rings. The zero-order chi connectivity index (χ0) is 10.7. The van der Waals surface area contributed by atoms with Crippen LogP contribution in [-0.2, 0) is 6.42 Å². The fourth-order valence-electron chi connectivity index (χ4n) is 2.27. The second kappa shape index (κ2) is 4.47. The first-order valence-electron chi connectivity index (χ1n) is 5.50. The van der Waals surface area contributed by atoms with Crippen molar-refractivity contribution in [3.63, 3.8) is 0 Å². The van der Waals surface area contributed by atoms with E-state index in [1.165, 1.54) is 38.4 Å². The molecule has 0 aromatic carbocycles. The highest BCUT2D eigenvalue weighted by Gasteiger charge is 2.19. The quantitative estimate of drug-likeness (QED) is 0.824. The molecule has 4 nitrogen and oxygen atoms in total. The van der Waals surface area contributed by atoms with Gasteiger partial charge < -0.3 is 10.3 Å². The first-order valence-corrected chi connectivity index (χ1v) is 5.50. The fourth-order valence-corrected chi connectivity index (χ4v) is 2.27. The lowest BCUT2D eigenvalue weighted by Gasteiger charge is -2.20. The second-order valence-corrected chi connectivity index (χ2v) is 4.25. The van der Waals surface area contributed by atoms with E-state index in [4.69, 9.17) is 10.3 Å². The molecule has 0 saturated heterocycles. The van der Waals surface area contributed by atoms with Gasteiger partial charge in [0.15, 0.2) is 0 Å². The largest absolute Gasteiger partial charge is 0.365 e. The maximum Gasteiger partial charge on any atom is 0.253 e. The van der Waals surface area contributed by atoms with Gasteiger partial charge in [-0.05, 0) is 12.3 Å². The smallest absolute Gasteiger partial charge is 0.253 e. The van der Waals surface area contributed by atoms with Crippen molar-refractivity contribution in [3.05, 3.63) is 17.5 Å². The predicted octanol–water partition coefficient (Wildman–Crippen LogP) is 1.90. The summed E-state index contributed by atoms with van der Waals surface area (Å²) in [4.78, 5) is 11.0. The van der Waals surface area contributed by atoms with Crippen molar-refractivity contribution in [2.75, 3.05) is 0 Å². The van der Waals surface area contributed by atoms with Crippen LogP contribution in [-0.4, -0.2) is 11.1 Å². The molecule has 0 atom stereocenters. The van der Waals surface area contributed by atoms with Crippen LogP contribution in [0.4, 0.5) is 0 Å². The lowest BCUT2D eigenvalue weighted by Crippen LogP contribution is -2.15. The molecule has 0 aliphatic heterocycles. The van der Waals surface area contributed by atoms with Crippen LogP contribution in [0.25, 0.3) is 0 Å². The predicted molar refractivity (Wildman–Crippen MR) is 55.3 cm³/mol. The van der Waals surface area contributed by atoms with Gasteiger partial charge in [0.2, 0.25) is 0 Å². The number of primary amides is 1. The SMILES string of the molecule is NC(=O)c1conc1CC1CCCCC1. The van der Waals surface area contributed by atoms with Crippen LogP contribution in [0.3, 0.4) is 0 Å². The molecule has 2 rings (SSSR count). The third-order valence-electron chi connectivity index (χ3n) is 3.12. The Balaban J connectivity index is 2.03. The normalized spacial score (nSPS) is 17.9. The summed E-state index contributed by atoms with van der Waals surface area (Å²) in [7, 11) is 0. The van der Waals surface area contributed by atoms with Crippen LogP contribution in [0.2, 0.25) is 0 Å². The molecule has 1 aromatic heterocycles. The van der Waals surface area contributed by atoms with E-state index in [1.807, 2.05) is 0 Å². The summed E-state index contributed by atoms with van der Waals surface area (Å²) in [6, 6.07) is 0. The molecular weight excluding hydrogens is 192 g/mol. The van der Waals surface area contributed by atoms with Crippen LogP contribution in [0.15, 0.2) is 10.8 Å². The highest BCUT2D eigenvalue weighted by molar-refractivity contribution is 5.93. The molecule has 1 heterocycles. The summed E-state index contributed by atoms with van der Waals surface area (Å²) in [5, 5.41) is 3.86. The van der Waals surface area contributed by atoms with Crippen molar-refractivity contribution in [3.8, 4) is 0 Å². The summed E-state index contributed by atoms with van der Waals surface area (Å²) >= 11 is 0. The summed E-state index contributed by atoms with van der Waals surface area (Å²) in [6.07, 6.45) is 8.53. The zero-order valence-electron chi connectivity index (χ0n) is 8.74. The molecule has 1 saturated carbocycles. The Morgan fingerprint density at radius 2 is 2.20 bits per heavy atom. The van der Waals surface area contributed by atoms with E-state index in [0.717, 1.165) is 12.1 Å². The Hall–Kier alpha value is -1.32. The van der Waals surface area contributed by atoms with Crippen molar-refractivity contribution in [2.24, 2.45) is 11.7 Å². The lowest BCUT2D eigenvalue weighted by atomic mass is 9.85. The number of carbonyl (C=O) groups is 1. The van der Waals surface area contributed by atoms with Gasteiger partial charge in [0.1, 0.15) is 11.8 Å². The van der Waals surface area contributed by atoms with E-state index in [2.05, 4.69) is 5.16 Å². The van der Waals surface area contributed by atoms with E-state index in [1.54, 1.807) is 0 Å². The molecule has 0 spiro atoms. The number of amides is 1. The Morgan fingerprint density at radius 3 is 2.87 bits per heavy atom. The first-order chi connectivity index (χ1) is 7.27. The average Bonchev–Trinajstić information content (AvgIpc) is 2.67. The van der Waals surface area contributed by atoms with E-state index < -0.39 is 5.91 Å². The van der Waals surface area contributed by atoms with Gasteiger partial charge in [-0.15, -0.1) is 0 Å². The van der Waals surface area contributed by atoms with Gasteiger partial charge in [-0.1, -0.05) is 37.3 Å². The van der Waals surface area contributed by atoms with Crippen molar-refractivity contribution >= 4 is 5.91 Å². The van der Waals surface area contributed by atoms with Crippen LogP contribution < -0.4 is 5.73 Å². The Morgan fingerprint density at radius 1 is 1.47 bits per heavy atom. The van der Waals surface area contributed by atoms with E-state index in [0.29, 0.717) is 11.5 Å². The third kappa shape index (κ3) is 2.37. The van der Waals surface area contributed by atoms with Crippen molar-refractivity contribution in [1.29, 1.82) is 0 Å². The highest BCUT2D eigenvalue weighted by Crippen LogP contribution is 2.27. The van der Waals surface area contributed by atoms with Gasteiger partial charge >= 0.3 is 0 Å². The number of nitrogens with two attached hydrogens (primary N) is 1. The number of carbonyl (C=O) groups excluding carboxylic acids is 1. The minimum Gasteiger partial charge on any atom is -0.365 e. The molecule has 1 amide bonds. The molecule has 0 unspecified atom stereocenters. The second-order valence-electron chi connectivity index (χ2n) is 4.25. The third-order valence-corrected chi connectivity index (χ3v) is 3.12. The molecule has 1 aliphatic carbocycles. The molecule has 2 N–H and O–H groups in total. The highest BCUT2D eigenvalue weighted by atomic mass is 16.5. The molecule has 82 valence electrons. The van der Waals surface area contributed by atoms with E-state index in [9.17, 15) is 4.79 Å². The number of rotatable bonds is 3. The first kappa shape index (κ1) is 10.2. The Bertz CT molecular complexity index is 340. The molecule has 0 radical (unpaired) electrons. The van der Waals surface area contributed by atoms with Gasteiger partial charge in [0.25, 0.3) is 5.91 Å². The number of aromatic nitrogens is 1. The fraction of sp³-hybridized carbons (Fsp3) is 0.636. The Kier molecular flexibility index (Phi) is 3.04.